The molecule has 148 valence electrons. The smallest absolute Gasteiger partial charge is 0.274 e. The van der Waals surface area contributed by atoms with Crippen molar-refractivity contribution < 1.29 is 13.3 Å². The number of thiazole rings is 2. The molecule has 27 heavy (non-hydrogen) atoms. The number of nitrogens with zero attached hydrogens (tertiary/aromatic N) is 3. The number of nitrogens with one attached hydrogen (secondary N) is 2. The van der Waals surface area contributed by atoms with Crippen molar-refractivity contribution in [2.75, 3.05) is 24.6 Å². The Labute approximate surface area is 169 Å². The van der Waals surface area contributed by atoms with Crippen LogP contribution in [0.3, 0.4) is 0 Å². The molecular formula is C14H19N5O4S4. The van der Waals surface area contributed by atoms with Crippen molar-refractivity contribution in [3.05, 3.63) is 55.3 Å². The third kappa shape index (κ3) is 9.17. The first kappa shape index (κ1) is 21.6. The van der Waals surface area contributed by atoms with Crippen molar-refractivity contribution in [1.82, 2.24) is 20.6 Å². The Morgan fingerprint density at radius 3 is 1.89 bits per heavy atom. The van der Waals surface area contributed by atoms with Crippen molar-refractivity contribution >= 4 is 44.3 Å². The lowest BCUT2D eigenvalue weighted by molar-refractivity contribution is -0.404. The number of nitro groups is 1. The minimum Gasteiger partial charge on any atom is -0.366 e. The lowest BCUT2D eigenvalue weighted by Gasteiger charge is -2.11. The van der Waals surface area contributed by atoms with Crippen molar-refractivity contribution in [3.63, 3.8) is 0 Å². The molecule has 9 nitrogen and oxygen atoms in total. The lowest BCUT2D eigenvalue weighted by Crippen LogP contribution is -2.32. The van der Waals surface area contributed by atoms with Crippen LogP contribution >= 0.6 is 22.7 Å². The summed E-state index contributed by atoms with van der Waals surface area (Å²) in [5.74, 6) is 1.63. The van der Waals surface area contributed by atoms with E-state index in [4.69, 9.17) is 0 Å². The van der Waals surface area contributed by atoms with Crippen LogP contribution in [0.1, 0.15) is 10.0 Å². The van der Waals surface area contributed by atoms with E-state index < -0.39 is 26.5 Å². The zero-order valence-corrected chi connectivity index (χ0v) is 17.5. The fourth-order valence-electron chi connectivity index (χ4n) is 1.93. The van der Waals surface area contributed by atoms with Crippen molar-refractivity contribution in [2.24, 2.45) is 0 Å². The molecule has 0 bridgehead atoms. The maximum absolute atomic E-state index is 12.0. The number of hydrogen-bond acceptors (Lipinski definition) is 10. The van der Waals surface area contributed by atoms with Gasteiger partial charge in [0.1, 0.15) is 10.0 Å². The van der Waals surface area contributed by atoms with Gasteiger partial charge in [-0.1, -0.05) is 0 Å². The second kappa shape index (κ2) is 11.9. The number of hydrogen-bond donors (Lipinski definition) is 2. The van der Waals surface area contributed by atoms with Gasteiger partial charge < -0.3 is 10.6 Å². The van der Waals surface area contributed by atoms with Gasteiger partial charge in [-0.25, -0.2) is 9.97 Å². The van der Waals surface area contributed by atoms with Crippen LogP contribution in [0.25, 0.3) is 0 Å². The van der Waals surface area contributed by atoms with E-state index in [2.05, 4.69) is 20.6 Å². The summed E-state index contributed by atoms with van der Waals surface area (Å²) >= 11 is 2.89. The normalized spacial score (nSPS) is 12.9. The first-order valence-electron chi connectivity index (χ1n) is 7.82. The Bertz CT molecular complexity index is 723. The van der Waals surface area contributed by atoms with Crippen LogP contribution in [0, 0.1) is 10.1 Å². The Morgan fingerprint density at radius 1 is 1.04 bits per heavy atom. The first-order valence-corrected chi connectivity index (χ1v) is 12.6. The summed E-state index contributed by atoms with van der Waals surface area (Å²) in [6, 6.07) is 0. The minimum absolute atomic E-state index is 0.206. The highest BCUT2D eigenvalue weighted by molar-refractivity contribution is 7.84. The van der Waals surface area contributed by atoms with Gasteiger partial charge in [-0.3, -0.25) is 18.5 Å². The summed E-state index contributed by atoms with van der Waals surface area (Å²) in [5, 5.41) is 21.7. The predicted octanol–water partition coefficient (Wildman–Crippen LogP) is 1.05. The minimum atomic E-state index is -1.10. The van der Waals surface area contributed by atoms with Crippen molar-refractivity contribution in [2.45, 2.75) is 11.5 Å². The molecule has 2 unspecified atom stereocenters. The van der Waals surface area contributed by atoms with Gasteiger partial charge in [0.25, 0.3) is 6.20 Å². The molecule has 2 aromatic rings. The zero-order valence-electron chi connectivity index (χ0n) is 14.2. The molecule has 2 heterocycles. The third-order valence-corrected chi connectivity index (χ3v) is 7.50. The van der Waals surface area contributed by atoms with Gasteiger partial charge in [0.05, 0.1) is 16.4 Å². The summed E-state index contributed by atoms with van der Waals surface area (Å²) in [6.45, 7) is 0.625. The monoisotopic (exact) mass is 449 g/mol. The highest BCUT2D eigenvalue weighted by Gasteiger charge is 2.08. The highest BCUT2D eigenvalue weighted by atomic mass is 32.2. The predicted molar refractivity (Wildman–Crippen MR) is 109 cm³/mol. The molecule has 0 saturated carbocycles. The SMILES string of the molecule is O=[N+]([O-])C=C(NCCS(=O)Cc1nccs1)NCCS(=O)Cc1nccs1. The number of rotatable bonds is 13. The molecule has 0 aliphatic heterocycles. The van der Waals surface area contributed by atoms with Gasteiger partial charge in [0.2, 0.25) is 0 Å². The molecule has 13 heteroatoms. The molecule has 0 fully saturated rings. The molecule has 2 rings (SSSR count). The molecule has 0 aliphatic carbocycles. The van der Waals surface area contributed by atoms with E-state index in [1.165, 1.54) is 22.7 Å². The average Bonchev–Trinajstić information content (AvgIpc) is 3.28. The van der Waals surface area contributed by atoms with Crippen LogP contribution in [-0.4, -0.2) is 47.9 Å². The van der Waals surface area contributed by atoms with E-state index in [0.29, 0.717) is 36.1 Å². The average molecular weight is 450 g/mol. The quantitative estimate of drug-likeness (QED) is 0.343. The van der Waals surface area contributed by atoms with Gasteiger partial charge in [0.15, 0.2) is 5.82 Å². The summed E-state index contributed by atoms with van der Waals surface area (Å²) in [5.41, 5.74) is 0. The van der Waals surface area contributed by atoms with E-state index in [-0.39, 0.29) is 5.82 Å². The van der Waals surface area contributed by atoms with Gasteiger partial charge in [0, 0.05) is 69.3 Å². The molecule has 2 atom stereocenters. The Balaban J connectivity index is 1.70. The molecule has 0 saturated heterocycles. The Morgan fingerprint density at radius 2 is 1.52 bits per heavy atom. The highest BCUT2D eigenvalue weighted by Crippen LogP contribution is 2.07. The van der Waals surface area contributed by atoms with Crippen LogP contribution in [0.2, 0.25) is 0 Å². The molecule has 0 aromatic carbocycles. The van der Waals surface area contributed by atoms with E-state index >= 15 is 0 Å². The van der Waals surface area contributed by atoms with Crippen LogP contribution in [-0.2, 0) is 33.1 Å². The molecule has 0 aliphatic rings. The van der Waals surface area contributed by atoms with Crippen molar-refractivity contribution in [3.8, 4) is 0 Å². The topological polar surface area (TPSA) is 127 Å². The summed E-state index contributed by atoms with van der Waals surface area (Å²) < 4.78 is 24.0. The largest absolute Gasteiger partial charge is 0.366 e. The zero-order chi connectivity index (χ0) is 19.5. The van der Waals surface area contributed by atoms with E-state index in [0.717, 1.165) is 16.2 Å². The standard InChI is InChI=1S/C14H19N5O4S4/c20-19(21)9-12(15-3-7-26(22)10-13-17-1-5-24-13)16-4-8-27(23)11-14-18-2-6-25-14/h1-2,5-6,9,15-16H,3-4,7-8,10-11H2. The number of aromatic nitrogens is 2. The van der Waals surface area contributed by atoms with Gasteiger partial charge in [-0.05, 0) is 0 Å². The summed E-state index contributed by atoms with van der Waals surface area (Å²) in [4.78, 5) is 18.3. The molecule has 0 amide bonds. The first-order chi connectivity index (χ1) is 13.0. The van der Waals surface area contributed by atoms with Crippen LogP contribution in [0.15, 0.2) is 35.2 Å². The Kier molecular flexibility index (Phi) is 9.52. The molecule has 2 aromatic heterocycles. The summed E-state index contributed by atoms with van der Waals surface area (Å²) in [6.07, 6.45) is 4.14. The molecular weight excluding hydrogens is 430 g/mol. The van der Waals surface area contributed by atoms with E-state index in [1.807, 2.05) is 10.8 Å². The second-order valence-corrected chi connectivity index (χ2v) is 10.2. The van der Waals surface area contributed by atoms with E-state index in [1.54, 1.807) is 12.4 Å². The van der Waals surface area contributed by atoms with Crippen LogP contribution < -0.4 is 10.6 Å². The maximum Gasteiger partial charge on any atom is 0.274 e. The molecule has 2 N–H and O–H groups in total. The summed E-state index contributed by atoms with van der Waals surface area (Å²) in [7, 11) is -2.21. The fourth-order valence-corrected chi connectivity index (χ4v) is 5.71. The molecule has 0 radical (unpaired) electrons. The van der Waals surface area contributed by atoms with Crippen LogP contribution in [0.5, 0.6) is 0 Å². The van der Waals surface area contributed by atoms with Crippen LogP contribution in [0.4, 0.5) is 0 Å². The second-order valence-electron chi connectivity index (χ2n) is 5.11. The van der Waals surface area contributed by atoms with E-state index in [9.17, 15) is 18.5 Å². The fraction of sp³-hybridized carbons (Fsp3) is 0.429. The van der Waals surface area contributed by atoms with Gasteiger partial charge in [-0.15, -0.1) is 22.7 Å². The Hall–Kier alpha value is -1.70. The van der Waals surface area contributed by atoms with Crippen molar-refractivity contribution in [1.29, 1.82) is 0 Å². The van der Waals surface area contributed by atoms with Gasteiger partial charge in [-0.2, -0.15) is 0 Å². The third-order valence-electron chi connectivity index (χ3n) is 3.06. The lowest BCUT2D eigenvalue weighted by atomic mass is 10.6. The van der Waals surface area contributed by atoms with Gasteiger partial charge >= 0.3 is 0 Å². The maximum atomic E-state index is 12.0. The molecule has 0 spiro atoms.